The number of thioether (sulfide) groups is 1. The SMILES string of the molecule is Cc1nc(-c2cn(C3C(O)C(CO)OC(Sc4cncc(Br)c4)[C@H]3O)nn2)cs1. The van der Waals surface area contributed by atoms with Crippen molar-refractivity contribution in [3.63, 3.8) is 0 Å². The number of nitrogens with zero attached hydrogens (tertiary/aromatic N) is 5. The van der Waals surface area contributed by atoms with Gasteiger partial charge in [-0.3, -0.25) is 4.98 Å². The fourth-order valence-electron chi connectivity index (χ4n) is 3.09. The summed E-state index contributed by atoms with van der Waals surface area (Å²) in [5.74, 6) is 0. The maximum Gasteiger partial charge on any atom is 0.136 e. The average molecular weight is 500 g/mol. The Balaban J connectivity index is 1.61. The van der Waals surface area contributed by atoms with E-state index in [9.17, 15) is 15.3 Å². The Labute approximate surface area is 182 Å². The van der Waals surface area contributed by atoms with Crippen molar-refractivity contribution >= 4 is 39.0 Å². The van der Waals surface area contributed by atoms with Gasteiger partial charge in [0.1, 0.15) is 41.2 Å². The second kappa shape index (κ2) is 8.76. The number of aliphatic hydroxyl groups excluding tert-OH is 3. The van der Waals surface area contributed by atoms with Crippen LogP contribution < -0.4 is 0 Å². The topological polar surface area (TPSA) is 126 Å². The molecule has 0 radical (unpaired) electrons. The molecule has 1 saturated heterocycles. The van der Waals surface area contributed by atoms with E-state index in [1.165, 1.54) is 27.8 Å². The molecule has 29 heavy (non-hydrogen) atoms. The van der Waals surface area contributed by atoms with Gasteiger partial charge in [0.2, 0.25) is 0 Å². The first kappa shape index (κ1) is 20.8. The number of hydrogen-bond acceptors (Lipinski definition) is 10. The number of halogens is 1. The number of ether oxygens (including phenoxy) is 1. The van der Waals surface area contributed by atoms with Gasteiger partial charge >= 0.3 is 0 Å². The summed E-state index contributed by atoms with van der Waals surface area (Å²) < 4.78 is 7.96. The maximum absolute atomic E-state index is 11.0. The molecule has 0 amide bonds. The molecule has 1 aliphatic rings. The summed E-state index contributed by atoms with van der Waals surface area (Å²) >= 11 is 6.12. The minimum atomic E-state index is -1.17. The zero-order chi connectivity index (χ0) is 20.5. The Morgan fingerprint density at radius 3 is 2.79 bits per heavy atom. The van der Waals surface area contributed by atoms with E-state index in [1.54, 1.807) is 18.6 Å². The van der Waals surface area contributed by atoms with Crippen molar-refractivity contribution in [1.29, 1.82) is 0 Å². The van der Waals surface area contributed by atoms with Crippen molar-refractivity contribution in [3.8, 4) is 11.4 Å². The third-order valence-electron chi connectivity index (χ3n) is 4.48. The van der Waals surface area contributed by atoms with Crippen molar-refractivity contribution in [2.45, 2.75) is 41.6 Å². The van der Waals surface area contributed by atoms with E-state index in [1.807, 2.05) is 18.4 Å². The van der Waals surface area contributed by atoms with Gasteiger partial charge in [-0.2, -0.15) is 0 Å². The molecule has 3 aromatic rings. The van der Waals surface area contributed by atoms with Crippen LogP contribution in [0.4, 0.5) is 0 Å². The predicted octanol–water partition coefficient (Wildman–Crippen LogP) is 1.64. The molecule has 0 spiro atoms. The number of aliphatic hydroxyl groups is 3. The maximum atomic E-state index is 11.0. The largest absolute Gasteiger partial charge is 0.394 e. The van der Waals surface area contributed by atoms with Crippen molar-refractivity contribution < 1.29 is 20.1 Å². The Kier molecular flexibility index (Phi) is 6.30. The monoisotopic (exact) mass is 499 g/mol. The molecule has 1 aliphatic heterocycles. The van der Waals surface area contributed by atoms with Gasteiger partial charge in [-0.15, -0.1) is 16.4 Å². The molecule has 3 aromatic heterocycles. The van der Waals surface area contributed by atoms with Gasteiger partial charge < -0.3 is 20.1 Å². The molecular formula is C17H18BrN5O4S2. The summed E-state index contributed by atoms with van der Waals surface area (Å²) in [6.45, 7) is 1.50. The van der Waals surface area contributed by atoms with Crippen LogP contribution in [0, 0.1) is 6.92 Å². The molecule has 5 atom stereocenters. The Morgan fingerprint density at radius 2 is 2.10 bits per heavy atom. The van der Waals surface area contributed by atoms with Gasteiger partial charge in [0, 0.05) is 27.1 Å². The summed E-state index contributed by atoms with van der Waals surface area (Å²) in [7, 11) is 0. The summed E-state index contributed by atoms with van der Waals surface area (Å²) in [4.78, 5) is 9.26. The highest BCUT2D eigenvalue weighted by Crippen LogP contribution is 2.38. The zero-order valence-electron chi connectivity index (χ0n) is 15.2. The number of thiazole rings is 1. The molecule has 0 aliphatic carbocycles. The van der Waals surface area contributed by atoms with Crippen molar-refractivity contribution in [1.82, 2.24) is 25.0 Å². The number of hydrogen-bond donors (Lipinski definition) is 3. The van der Waals surface area contributed by atoms with Gasteiger partial charge in [0.15, 0.2) is 0 Å². The minimum Gasteiger partial charge on any atom is -0.394 e. The van der Waals surface area contributed by atoms with E-state index in [0.717, 1.165) is 14.4 Å². The second-order valence-corrected chi connectivity index (χ2v) is 9.64. The summed E-state index contributed by atoms with van der Waals surface area (Å²) in [6.07, 6.45) is 1.78. The molecular weight excluding hydrogens is 482 g/mol. The fourth-order valence-corrected chi connectivity index (χ4v) is 5.30. The lowest BCUT2D eigenvalue weighted by Crippen LogP contribution is -2.55. The Morgan fingerprint density at radius 1 is 1.28 bits per heavy atom. The highest BCUT2D eigenvalue weighted by atomic mass is 79.9. The Hall–Kier alpha value is -1.41. The van der Waals surface area contributed by atoms with E-state index in [0.29, 0.717) is 11.4 Å². The van der Waals surface area contributed by atoms with Gasteiger partial charge in [-0.05, 0) is 28.9 Å². The van der Waals surface area contributed by atoms with Gasteiger partial charge in [0.25, 0.3) is 0 Å². The van der Waals surface area contributed by atoms with Crippen LogP contribution >= 0.6 is 39.0 Å². The average Bonchev–Trinajstić information content (AvgIpc) is 3.33. The van der Waals surface area contributed by atoms with Gasteiger partial charge in [-0.25, -0.2) is 9.67 Å². The van der Waals surface area contributed by atoms with E-state index in [-0.39, 0.29) is 0 Å². The number of pyridine rings is 1. The van der Waals surface area contributed by atoms with Crippen molar-refractivity contribution in [2.24, 2.45) is 0 Å². The number of rotatable bonds is 5. The molecule has 3 N–H and O–H groups in total. The lowest BCUT2D eigenvalue weighted by atomic mass is 9.97. The van der Waals surface area contributed by atoms with Crippen LogP contribution in [0.1, 0.15) is 11.0 Å². The summed E-state index contributed by atoms with van der Waals surface area (Å²) in [5, 5.41) is 42.3. The van der Waals surface area contributed by atoms with Crippen LogP contribution in [0.3, 0.4) is 0 Å². The molecule has 0 aromatic carbocycles. The van der Waals surface area contributed by atoms with Crippen LogP contribution in [0.2, 0.25) is 0 Å². The van der Waals surface area contributed by atoms with Gasteiger partial charge in [-0.1, -0.05) is 17.0 Å². The highest BCUT2D eigenvalue weighted by molar-refractivity contribution is 9.10. The smallest absolute Gasteiger partial charge is 0.136 e. The molecule has 0 saturated carbocycles. The first-order valence-electron chi connectivity index (χ1n) is 8.70. The van der Waals surface area contributed by atoms with E-state index in [2.05, 4.69) is 36.2 Å². The molecule has 4 rings (SSSR count). The molecule has 0 bridgehead atoms. The second-order valence-electron chi connectivity index (χ2n) is 6.49. The molecule has 12 heteroatoms. The lowest BCUT2D eigenvalue weighted by Gasteiger charge is -2.41. The van der Waals surface area contributed by atoms with Crippen LogP contribution in [0.15, 0.2) is 39.4 Å². The van der Waals surface area contributed by atoms with Crippen LogP contribution in [0.5, 0.6) is 0 Å². The third-order valence-corrected chi connectivity index (χ3v) is 6.80. The van der Waals surface area contributed by atoms with E-state index >= 15 is 0 Å². The summed E-state index contributed by atoms with van der Waals surface area (Å²) in [5.41, 5.74) is 0.478. The standard InChI is InChI=1S/C17H18BrN5O4S2/c1-8-20-12(7-28-8)11-5-23(22-21-11)14-15(25)13(6-24)27-17(16(14)26)29-10-2-9(18)3-19-4-10/h2-5,7,13-17,24-26H,6H2,1H3/t13?,14?,15?,16-,17?/m0/s1. The van der Waals surface area contributed by atoms with Crippen LogP contribution in [0.25, 0.3) is 11.4 Å². The highest BCUT2D eigenvalue weighted by Gasteiger charge is 2.46. The fraction of sp³-hybridized carbons (Fsp3) is 0.412. The number of aromatic nitrogens is 5. The molecule has 9 nitrogen and oxygen atoms in total. The van der Waals surface area contributed by atoms with Crippen molar-refractivity contribution in [2.75, 3.05) is 6.61 Å². The first-order valence-corrected chi connectivity index (χ1v) is 11.3. The molecule has 4 heterocycles. The molecule has 4 unspecified atom stereocenters. The van der Waals surface area contributed by atoms with Crippen LogP contribution in [-0.2, 0) is 4.74 Å². The lowest BCUT2D eigenvalue weighted by molar-refractivity contribution is -0.178. The summed E-state index contributed by atoms with van der Waals surface area (Å²) in [6, 6.07) is 0.999. The molecule has 154 valence electrons. The van der Waals surface area contributed by atoms with E-state index < -0.39 is 36.4 Å². The first-order chi connectivity index (χ1) is 14.0. The number of aryl methyl sites for hydroxylation is 1. The van der Waals surface area contributed by atoms with Gasteiger partial charge in [0.05, 0.1) is 17.8 Å². The quantitative estimate of drug-likeness (QED) is 0.479. The van der Waals surface area contributed by atoms with Crippen LogP contribution in [-0.4, -0.2) is 70.6 Å². The van der Waals surface area contributed by atoms with E-state index in [4.69, 9.17) is 4.74 Å². The normalized spacial score (nSPS) is 27.3. The van der Waals surface area contributed by atoms with Crippen molar-refractivity contribution in [3.05, 3.63) is 39.5 Å². The zero-order valence-corrected chi connectivity index (χ0v) is 18.4. The Bertz CT molecular complexity index is 986. The minimum absolute atomic E-state index is 0.398. The molecule has 1 fully saturated rings. The third kappa shape index (κ3) is 4.38. The predicted molar refractivity (Wildman–Crippen MR) is 110 cm³/mol.